The molecule has 0 aliphatic rings. The number of nitrogens with two attached hydrogens (primary N) is 3. The molecule has 0 aliphatic heterocycles. The van der Waals surface area contributed by atoms with Crippen LogP contribution in [0.2, 0.25) is 0 Å². The molecule has 0 unspecified atom stereocenters. The standard InChI is InChI=1S/C15H26N6O8S/c16-6(1-2-10(17)23)12(25)21-9(5-30)14(27)19-7(3-11(18)24)13(26)20-8(4-22)15(28)29/h6-9,22,30H,1-5,16H2,(H2,17,23)(H2,18,24)(H,19,27)(H,20,26)(H,21,25)(H,28,29)/t6-,7-,8-,9-/m0/s1. The largest absolute Gasteiger partial charge is 0.480 e. The summed E-state index contributed by atoms with van der Waals surface area (Å²) in [6, 6.07) is -5.67. The molecule has 0 saturated carbocycles. The lowest BCUT2D eigenvalue weighted by Gasteiger charge is -2.23. The maximum atomic E-state index is 12.4. The molecule has 0 bridgehead atoms. The number of aliphatic hydroxyl groups is 1. The number of thiol groups is 1. The number of carbonyl (C=O) groups is 6. The molecular formula is C15H26N6O8S. The van der Waals surface area contributed by atoms with E-state index in [1.54, 1.807) is 0 Å². The number of carbonyl (C=O) groups excluding carboxylic acids is 5. The summed E-state index contributed by atoms with van der Waals surface area (Å²) in [5.74, 6) is -6.22. The van der Waals surface area contributed by atoms with Gasteiger partial charge in [0, 0.05) is 12.2 Å². The second-order valence-corrected chi connectivity index (χ2v) is 6.53. The first-order valence-corrected chi connectivity index (χ1v) is 9.23. The van der Waals surface area contributed by atoms with Gasteiger partial charge in [-0.15, -0.1) is 0 Å². The molecule has 0 aromatic rings. The Morgan fingerprint density at radius 1 is 0.833 bits per heavy atom. The van der Waals surface area contributed by atoms with Crippen molar-refractivity contribution in [2.45, 2.75) is 43.4 Å². The Labute approximate surface area is 176 Å². The Morgan fingerprint density at radius 2 is 1.33 bits per heavy atom. The number of carboxylic acids is 1. The van der Waals surface area contributed by atoms with Crippen LogP contribution in [0.4, 0.5) is 0 Å². The summed E-state index contributed by atoms with van der Waals surface area (Å²) in [6.07, 6.45) is -0.893. The van der Waals surface area contributed by atoms with E-state index in [2.05, 4.69) is 23.3 Å². The highest BCUT2D eigenvalue weighted by Crippen LogP contribution is 2.00. The van der Waals surface area contributed by atoms with Gasteiger partial charge in [-0.3, -0.25) is 24.0 Å². The first kappa shape index (κ1) is 27.1. The lowest BCUT2D eigenvalue weighted by Crippen LogP contribution is -2.58. The summed E-state index contributed by atoms with van der Waals surface area (Å²) in [6.45, 7) is -0.934. The number of primary amides is 2. The van der Waals surface area contributed by atoms with Crippen molar-refractivity contribution >= 4 is 48.1 Å². The van der Waals surface area contributed by atoms with E-state index in [9.17, 15) is 28.8 Å². The predicted octanol–water partition coefficient (Wildman–Crippen LogP) is -5.08. The third kappa shape index (κ3) is 10.0. The van der Waals surface area contributed by atoms with Crippen LogP contribution in [-0.2, 0) is 28.8 Å². The minimum Gasteiger partial charge on any atom is -0.480 e. The van der Waals surface area contributed by atoms with Gasteiger partial charge in [-0.05, 0) is 6.42 Å². The number of hydrogen-bond acceptors (Lipinski definition) is 9. The number of nitrogens with one attached hydrogen (secondary N) is 3. The number of aliphatic carboxylic acids is 1. The van der Waals surface area contributed by atoms with Gasteiger partial charge in [0.1, 0.15) is 18.1 Å². The van der Waals surface area contributed by atoms with Gasteiger partial charge in [-0.1, -0.05) is 0 Å². The highest BCUT2D eigenvalue weighted by atomic mass is 32.1. The Balaban J connectivity index is 5.14. The lowest BCUT2D eigenvalue weighted by molar-refractivity contribution is -0.143. The van der Waals surface area contributed by atoms with Crippen LogP contribution < -0.4 is 33.2 Å². The van der Waals surface area contributed by atoms with Crippen molar-refractivity contribution < 1.29 is 39.0 Å². The number of rotatable bonds is 14. The monoisotopic (exact) mass is 450 g/mol. The molecule has 0 fully saturated rings. The summed E-state index contributed by atoms with van der Waals surface area (Å²) in [4.78, 5) is 69.5. The van der Waals surface area contributed by atoms with Gasteiger partial charge in [0.05, 0.1) is 19.1 Å². The van der Waals surface area contributed by atoms with Crippen LogP contribution >= 0.6 is 12.6 Å². The van der Waals surface area contributed by atoms with Crippen LogP contribution in [0.15, 0.2) is 0 Å². The fraction of sp³-hybridized carbons (Fsp3) is 0.600. The Kier molecular flexibility index (Phi) is 12.0. The number of hydrogen-bond donors (Lipinski definition) is 9. The van der Waals surface area contributed by atoms with E-state index in [1.807, 2.05) is 5.32 Å². The molecule has 0 saturated heterocycles. The lowest BCUT2D eigenvalue weighted by atomic mass is 10.1. The smallest absolute Gasteiger partial charge is 0.328 e. The number of carboxylic acid groups (broad SMARTS) is 1. The Bertz CT molecular complexity index is 676. The van der Waals surface area contributed by atoms with E-state index >= 15 is 0 Å². The molecule has 0 aliphatic carbocycles. The number of aliphatic hydroxyl groups excluding tert-OH is 1. The highest BCUT2D eigenvalue weighted by molar-refractivity contribution is 7.80. The molecule has 0 spiro atoms. The maximum absolute atomic E-state index is 12.4. The van der Waals surface area contributed by atoms with E-state index in [1.165, 1.54) is 0 Å². The average Bonchev–Trinajstić information content (AvgIpc) is 2.66. The van der Waals surface area contributed by atoms with Gasteiger partial charge >= 0.3 is 5.97 Å². The van der Waals surface area contributed by atoms with Gasteiger partial charge in [0.2, 0.25) is 29.5 Å². The Morgan fingerprint density at radius 3 is 1.77 bits per heavy atom. The molecule has 0 aromatic heterocycles. The van der Waals surface area contributed by atoms with E-state index in [0.717, 1.165) is 0 Å². The molecule has 0 rings (SSSR count). The zero-order chi connectivity index (χ0) is 23.4. The predicted molar refractivity (Wildman–Crippen MR) is 105 cm³/mol. The molecule has 170 valence electrons. The van der Waals surface area contributed by atoms with Gasteiger partial charge < -0.3 is 43.4 Å². The van der Waals surface area contributed by atoms with Gasteiger partial charge in [0.25, 0.3) is 0 Å². The molecule has 30 heavy (non-hydrogen) atoms. The van der Waals surface area contributed by atoms with Gasteiger partial charge in [-0.25, -0.2) is 4.79 Å². The minimum atomic E-state index is -1.67. The summed E-state index contributed by atoms with van der Waals surface area (Å²) < 4.78 is 0. The average molecular weight is 450 g/mol. The third-order valence-corrected chi connectivity index (χ3v) is 4.05. The van der Waals surface area contributed by atoms with Crippen LogP contribution in [0, 0.1) is 0 Å². The number of amides is 5. The molecule has 0 radical (unpaired) electrons. The highest BCUT2D eigenvalue weighted by Gasteiger charge is 2.30. The third-order valence-electron chi connectivity index (χ3n) is 3.69. The molecule has 0 heterocycles. The van der Waals surface area contributed by atoms with Crippen molar-refractivity contribution in [3.63, 3.8) is 0 Å². The molecule has 14 nitrogen and oxygen atoms in total. The van der Waals surface area contributed by atoms with Crippen LogP contribution in [0.3, 0.4) is 0 Å². The maximum Gasteiger partial charge on any atom is 0.328 e. The van der Waals surface area contributed by atoms with Gasteiger partial charge in [-0.2, -0.15) is 12.6 Å². The first-order chi connectivity index (χ1) is 13.9. The zero-order valence-electron chi connectivity index (χ0n) is 15.9. The summed E-state index contributed by atoms with van der Waals surface area (Å²) >= 11 is 3.93. The summed E-state index contributed by atoms with van der Waals surface area (Å²) in [5.41, 5.74) is 15.6. The van der Waals surface area contributed by atoms with Crippen molar-refractivity contribution in [2.75, 3.05) is 12.4 Å². The van der Waals surface area contributed by atoms with Crippen molar-refractivity contribution in [3.05, 3.63) is 0 Å². The fourth-order valence-corrected chi connectivity index (χ4v) is 2.30. The second-order valence-electron chi connectivity index (χ2n) is 6.17. The van der Waals surface area contributed by atoms with E-state index in [-0.39, 0.29) is 18.6 Å². The molecule has 5 amide bonds. The zero-order valence-corrected chi connectivity index (χ0v) is 16.8. The van der Waals surface area contributed by atoms with Crippen molar-refractivity contribution in [3.8, 4) is 0 Å². The Hall–Kier alpha value is -2.91. The van der Waals surface area contributed by atoms with E-state index < -0.39 is 72.7 Å². The van der Waals surface area contributed by atoms with Crippen LogP contribution in [0.1, 0.15) is 19.3 Å². The first-order valence-electron chi connectivity index (χ1n) is 8.60. The van der Waals surface area contributed by atoms with Crippen molar-refractivity contribution in [2.24, 2.45) is 17.2 Å². The van der Waals surface area contributed by atoms with Crippen molar-refractivity contribution in [1.29, 1.82) is 0 Å². The second kappa shape index (κ2) is 13.3. The summed E-state index contributed by atoms with van der Waals surface area (Å²) in [5, 5.41) is 24.2. The molecule has 4 atom stereocenters. The van der Waals surface area contributed by atoms with Gasteiger partial charge in [0.15, 0.2) is 0 Å². The van der Waals surface area contributed by atoms with Crippen LogP contribution in [-0.4, -0.2) is 82.2 Å². The summed E-state index contributed by atoms with van der Waals surface area (Å²) in [7, 11) is 0. The molecule has 15 heteroatoms. The normalized spacial score (nSPS) is 14.5. The fourth-order valence-electron chi connectivity index (χ4n) is 2.04. The van der Waals surface area contributed by atoms with Crippen molar-refractivity contribution in [1.82, 2.24) is 16.0 Å². The van der Waals surface area contributed by atoms with E-state index in [0.29, 0.717) is 0 Å². The van der Waals surface area contributed by atoms with Crippen LogP contribution in [0.25, 0.3) is 0 Å². The molecule has 0 aromatic carbocycles. The quantitative estimate of drug-likeness (QED) is 0.114. The van der Waals surface area contributed by atoms with Crippen LogP contribution in [0.5, 0.6) is 0 Å². The topological polar surface area (TPSA) is 257 Å². The SMILES string of the molecule is NC(=O)CC[C@H](N)C(=O)N[C@@H](CS)C(=O)N[C@@H](CC(N)=O)C(=O)N[C@@H](CO)C(=O)O. The molecular weight excluding hydrogens is 424 g/mol. The van der Waals surface area contributed by atoms with E-state index in [4.69, 9.17) is 27.4 Å². The minimum absolute atomic E-state index is 0.0630. The molecule has 11 N–H and O–H groups in total.